The molecule has 0 aromatic heterocycles. The molecule has 5 heteroatoms. The van der Waals surface area contributed by atoms with E-state index in [-0.39, 0.29) is 4.90 Å². The minimum Gasteiger partial charge on any atom is -0.200 e. The van der Waals surface area contributed by atoms with Gasteiger partial charge in [-0.3, -0.25) is 0 Å². The normalized spacial score (nSPS) is 29.6. The van der Waals surface area contributed by atoms with Crippen LogP contribution in [-0.2, 0) is 10.0 Å². The molecule has 3 atom stereocenters. The smallest absolute Gasteiger partial charge is 0.200 e. The Balaban J connectivity index is 1.71. The fourth-order valence-corrected chi connectivity index (χ4v) is 4.51. The van der Waals surface area contributed by atoms with Gasteiger partial charge in [-0.2, -0.15) is 13.5 Å². The Bertz CT molecular complexity index is 610. The third-order valence-corrected chi connectivity index (χ3v) is 5.89. The van der Waals surface area contributed by atoms with Crippen LogP contribution in [0.1, 0.15) is 32.6 Å². The number of rotatable bonds is 4. The Kier molecular flexibility index (Phi) is 3.54. The maximum atomic E-state index is 12.1. The molecular weight excluding hydrogens is 272 g/mol. The number of sulfonamides is 1. The first-order valence-corrected chi connectivity index (χ1v) is 8.65. The summed E-state index contributed by atoms with van der Waals surface area (Å²) in [5.74, 6) is 2.01. The van der Waals surface area contributed by atoms with Gasteiger partial charge < -0.3 is 0 Å². The number of benzene rings is 1. The summed E-state index contributed by atoms with van der Waals surface area (Å²) < 4.78 is 24.2. The molecule has 0 heterocycles. The zero-order valence-corrected chi connectivity index (χ0v) is 12.4. The summed E-state index contributed by atoms with van der Waals surface area (Å²) in [4.78, 5) is 2.63. The predicted molar refractivity (Wildman–Crippen MR) is 78.8 cm³/mol. The predicted octanol–water partition coefficient (Wildman–Crippen LogP) is 2.78. The van der Waals surface area contributed by atoms with Crippen molar-refractivity contribution in [2.45, 2.75) is 37.5 Å². The van der Waals surface area contributed by atoms with E-state index in [9.17, 15) is 8.42 Å². The molecule has 0 radical (unpaired) electrons. The molecule has 2 aliphatic rings. The Labute approximate surface area is 120 Å². The molecular formula is C15H20N2O2S. The van der Waals surface area contributed by atoms with Crippen LogP contribution in [0.15, 0.2) is 40.3 Å². The van der Waals surface area contributed by atoms with E-state index in [0.29, 0.717) is 11.8 Å². The van der Waals surface area contributed by atoms with Crippen molar-refractivity contribution in [3.05, 3.63) is 30.3 Å². The van der Waals surface area contributed by atoms with Gasteiger partial charge in [0.2, 0.25) is 0 Å². The monoisotopic (exact) mass is 292 g/mol. The zero-order valence-electron chi connectivity index (χ0n) is 11.6. The highest BCUT2D eigenvalue weighted by molar-refractivity contribution is 7.89. The van der Waals surface area contributed by atoms with Crippen LogP contribution < -0.4 is 4.83 Å². The average Bonchev–Trinajstić information content (AvgIpc) is 3.08. The number of nitrogens with one attached hydrogen (secondary N) is 1. The molecule has 0 spiro atoms. The second-order valence-electron chi connectivity index (χ2n) is 5.94. The number of nitrogens with zero attached hydrogens (tertiary/aromatic N) is 1. The van der Waals surface area contributed by atoms with Crippen molar-refractivity contribution in [1.29, 1.82) is 0 Å². The van der Waals surface area contributed by atoms with Crippen LogP contribution in [0.3, 0.4) is 0 Å². The first-order valence-electron chi connectivity index (χ1n) is 7.17. The lowest BCUT2D eigenvalue weighted by atomic mass is 9.86. The van der Waals surface area contributed by atoms with Gasteiger partial charge in [0.05, 0.1) is 4.90 Å². The molecule has 1 aromatic carbocycles. The fourth-order valence-electron chi connectivity index (χ4n) is 3.62. The molecule has 0 amide bonds. The Morgan fingerprint density at radius 3 is 2.55 bits per heavy atom. The largest absolute Gasteiger partial charge is 0.276 e. The van der Waals surface area contributed by atoms with Gasteiger partial charge in [-0.05, 0) is 50.2 Å². The van der Waals surface area contributed by atoms with E-state index >= 15 is 0 Å². The standard InChI is InChI=1S/C15H20N2O2S/c1-11(15-10-12-7-8-13(15)9-12)16-17-20(18,19)14-5-3-2-4-6-14/h2-6,12-13,15,17H,7-10H2,1H3. The van der Waals surface area contributed by atoms with Crippen LogP contribution in [0.2, 0.25) is 0 Å². The van der Waals surface area contributed by atoms with Crippen molar-refractivity contribution >= 4 is 15.7 Å². The Morgan fingerprint density at radius 1 is 1.20 bits per heavy atom. The van der Waals surface area contributed by atoms with Crippen LogP contribution in [0.4, 0.5) is 0 Å². The molecule has 3 rings (SSSR count). The lowest BCUT2D eigenvalue weighted by molar-refractivity contribution is 0.413. The summed E-state index contributed by atoms with van der Waals surface area (Å²) in [7, 11) is -3.54. The maximum Gasteiger partial charge on any atom is 0.276 e. The molecule has 1 N–H and O–H groups in total. The van der Waals surface area contributed by atoms with Crippen LogP contribution in [0, 0.1) is 17.8 Å². The van der Waals surface area contributed by atoms with E-state index in [1.165, 1.54) is 25.7 Å². The summed E-state index contributed by atoms with van der Waals surface area (Å²) in [6, 6.07) is 8.36. The number of hydrazone groups is 1. The highest BCUT2D eigenvalue weighted by Crippen LogP contribution is 2.48. The van der Waals surface area contributed by atoms with Gasteiger partial charge in [-0.1, -0.05) is 24.6 Å². The maximum absolute atomic E-state index is 12.1. The average molecular weight is 292 g/mol. The van der Waals surface area contributed by atoms with Gasteiger partial charge in [0.1, 0.15) is 0 Å². The van der Waals surface area contributed by atoms with E-state index in [2.05, 4.69) is 9.93 Å². The topological polar surface area (TPSA) is 58.5 Å². The lowest BCUT2D eigenvalue weighted by Gasteiger charge is -2.21. The summed E-state index contributed by atoms with van der Waals surface area (Å²) in [5.41, 5.74) is 0.928. The first kappa shape index (κ1) is 13.6. The van der Waals surface area contributed by atoms with Gasteiger partial charge >= 0.3 is 0 Å². The molecule has 2 fully saturated rings. The Morgan fingerprint density at radius 2 is 1.95 bits per heavy atom. The summed E-state index contributed by atoms with van der Waals surface area (Å²) in [5, 5.41) is 4.15. The van der Waals surface area contributed by atoms with Gasteiger partial charge in [0.25, 0.3) is 10.0 Å². The first-order chi connectivity index (χ1) is 9.56. The molecule has 0 saturated heterocycles. The highest BCUT2D eigenvalue weighted by atomic mass is 32.2. The minimum atomic E-state index is -3.54. The van der Waals surface area contributed by atoms with E-state index < -0.39 is 10.0 Å². The van der Waals surface area contributed by atoms with Gasteiger partial charge in [0, 0.05) is 11.6 Å². The number of hydrogen-bond donors (Lipinski definition) is 1. The zero-order chi connectivity index (χ0) is 14.2. The van der Waals surface area contributed by atoms with Crippen molar-refractivity contribution in [1.82, 2.24) is 4.83 Å². The molecule has 2 bridgehead atoms. The number of fused-ring (bicyclic) bond motifs is 2. The van der Waals surface area contributed by atoms with Crippen LogP contribution in [-0.4, -0.2) is 14.1 Å². The Hall–Kier alpha value is -1.36. The van der Waals surface area contributed by atoms with Gasteiger partial charge in [-0.15, -0.1) is 0 Å². The van der Waals surface area contributed by atoms with Crippen LogP contribution in [0.5, 0.6) is 0 Å². The minimum absolute atomic E-state index is 0.254. The van der Waals surface area contributed by atoms with Crippen molar-refractivity contribution in [2.75, 3.05) is 0 Å². The molecule has 2 aliphatic carbocycles. The van der Waals surface area contributed by atoms with Crippen LogP contribution in [0.25, 0.3) is 0 Å². The number of hydrogen-bond acceptors (Lipinski definition) is 3. The van der Waals surface area contributed by atoms with E-state index in [1.54, 1.807) is 30.3 Å². The van der Waals surface area contributed by atoms with E-state index in [0.717, 1.165) is 11.6 Å². The quantitative estimate of drug-likeness (QED) is 0.685. The molecule has 1 aromatic rings. The van der Waals surface area contributed by atoms with Crippen molar-refractivity contribution in [3.63, 3.8) is 0 Å². The van der Waals surface area contributed by atoms with E-state index in [4.69, 9.17) is 0 Å². The lowest BCUT2D eigenvalue weighted by Crippen LogP contribution is -2.24. The molecule has 108 valence electrons. The second-order valence-corrected chi connectivity index (χ2v) is 7.60. The molecule has 2 saturated carbocycles. The second kappa shape index (κ2) is 5.20. The summed E-state index contributed by atoms with van der Waals surface area (Å²) in [6.07, 6.45) is 5.08. The third kappa shape index (κ3) is 2.59. The molecule has 3 unspecified atom stereocenters. The molecule has 4 nitrogen and oxygen atoms in total. The van der Waals surface area contributed by atoms with Crippen molar-refractivity contribution in [3.8, 4) is 0 Å². The van der Waals surface area contributed by atoms with Gasteiger partial charge in [0.15, 0.2) is 0 Å². The molecule has 20 heavy (non-hydrogen) atoms. The van der Waals surface area contributed by atoms with Crippen molar-refractivity contribution < 1.29 is 8.42 Å². The van der Waals surface area contributed by atoms with E-state index in [1.807, 2.05) is 6.92 Å². The SMILES string of the molecule is CC(=NNS(=O)(=O)c1ccccc1)C1CC2CCC1C2. The van der Waals surface area contributed by atoms with Crippen molar-refractivity contribution in [2.24, 2.45) is 22.9 Å². The molecule has 0 aliphatic heterocycles. The van der Waals surface area contributed by atoms with Crippen LogP contribution >= 0.6 is 0 Å². The highest BCUT2D eigenvalue weighted by Gasteiger charge is 2.40. The third-order valence-electron chi connectivity index (χ3n) is 4.67. The fraction of sp³-hybridized carbons (Fsp3) is 0.533. The summed E-state index contributed by atoms with van der Waals surface area (Å²) >= 11 is 0. The van der Waals surface area contributed by atoms with Gasteiger partial charge in [-0.25, -0.2) is 4.83 Å². The summed E-state index contributed by atoms with van der Waals surface area (Å²) in [6.45, 7) is 1.94.